The SMILES string of the molecule is COCCOC(=O)N1C2CCC1C(C(=O)O)N(S(=O)(=O)N1CCC(Oc3ccc(Cl)cc3)CC1)C2. The molecule has 0 radical (unpaired) electrons. The first-order valence-corrected chi connectivity index (χ1v) is 13.4. The predicted molar refractivity (Wildman–Crippen MR) is 126 cm³/mol. The average molecular weight is 532 g/mol. The van der Waals surface area contributed by atoms with E-state index in [0.717, 1.165) is 4.31 Å². The molecule has 13 heteroatoms. The summed E-state index contributed by atoms with van der Waals surface area (Å²) in [7, 11) is -2.58. The van der Waals surface area contributed by atoms with Gasteiger partial charge in [-0.3, -0.25) is 9.69 Å². The highest BCUT2D eigenvalue weighted by Gasteiger charge is 2.56. The molecule has 0 aliphatic carbocycles. The summed E-state index contributed by atoms with van der Waals surface area (Å²) in [6.07, 6.45) is 1.04. The van der Waals surface area contributed by atoms with Crippen molar-refractivity contribution in [1.29, 1.82) is 0 Å². The molecule has 3 unspecified atom stereocenters. The number of amides is 1. The molecule has 1 amide bonds. The number of benzene rings is 1. The van der Waals surface area contributed by atoms with Crippen LogP contribution in [0.3, 0.4) is 0 Å². The van der Waals surface area contributed by atoms with E-state index in [1.165, 1.54) is 16.3 Å². The topological polar surface area (TPSA) is 126 Å². The van der Waals surface area contributed by atoms with Crippen molar-refractivity contribution in [3.05, 3.63) is 29.3 Å². The van der Waals surface area contributed by atoms with Gasteiger partial charge in [0.15, 0.2) is 0 Å². The quantitative estimate of drug-likeness (QED) is 0.503. The molecule has 2 bridgehead atoms. The Labute approximate surface area is 209 Å². The van der Waals surface area contributed by atoms with Gasteiger partial charge in [-0.2, -0.15) is 17.0 Å². The van der Waals surface area contributed by atoms with E-state index in [2.05, 4.69) is 0 Å². The summed E-state index contributed by atoms with van der Waals surface area (Å²) in [5.41, 5.74) is 0. The maximum atomic E-state index is 13.5. The summed E-state index contributed by atoms with van der Waals surface area (Å²) in [6.45, 7) is 0.590. The van der Waals surface area contributed by atoms with Crippen LogP contribution in [0.2, 0.25) is 5.02 Å². The van der Waals surface area contributed by atoms with Crippen LogP contribution >= 0.6 is 11.6 Å². The maximum Gasteiger partial charge on any atom is 0.410 e. The number of nitrogens with zero attached hydrogens (tertiary/aromatic N) is 3. The van der Waals surface area contributed by atoms with Gasteiger partial charge in [-0.05, 0) is 49.9 Å². The van der Waals surface area contributed by atoms with Crippen LogP contribution in [-0.4, -0.2) is 103 Å². The Bertz CT molecular complexity index is 1020. The number of rotatable bonds is 8. The van der Waals surface area contributed by atoms with Gasteiger partial charge in [0.2, 0.25) is 0 Å². The summed E-state index contributed by atoms with van der Waals surface area (Å²) < 4.78 is 45.5. The van der Waals surface area contributed by atoms with Gasteiger partial charge in [0.25, 0.3) is 10.2 Å². The number of piperazine rings is 1. The number of carboxylic acids is 1. The highest BCUT2D eigenvalue weighted by atomic mass is 35.5. The summed E-state index contributed by atoms with van der Waals surface area (Å²) in [5.74, 6) is -0.624. The van der Waals surface area contributed by atoms with Crippen molar-refractivity contribution >= 4 is 33.9 Å². The fourth-order valence-corrected chi connectivity index (χ4v) is 7.02. The number of carbonyl (C=O) groups is 2. The molecule has 35 heavy (non-hydrogen) atoms. The van der Waals surface area contributed by atoms with Crippen molar-refractivity contribution in [2.75, 3.05) is 40.0 Å². The van der Waals surface area contributed by atoms with E-state index in [1.54, 1.807) is 24.3 Å². The Morgan fingerprint density at radius 1 is 1.09 bits per heavy atom. The Morgan fingerprint density at radius 3 is 2.40 bits per heavy atom. The third kappa shape index (κ3) is 5.51. The molecule has 0 aromatic heterocycles. The van der Waals surface area contributed by atoms with Crippen LogP contribution in [0.1, 0.15) is 25.7 Å². The lowest BCUT2D eigenvalue weighted by Crippen LogP contribution is -2.67. The molecule has 1 aromatic carbocycles. The average Bonchev–Trinajstić information content (AvgIpc) is 3.13. The van der Waals surface area contributed by atoms with E-state index in [-0.39, 0.29) is 39.0 Å². The molecule has 194 valence electrons. The Morgan fingerprint density at radius 2 is 1.77 bits per heavy atom. The monoisotopic (exact) mass is 531 g/mol. The highest BCUT2D eigenvalue weighted by Crippen LogP contribution is 2.37. The number of piperidine rings is 1. The molecule has 4 rings (SSSR count). The maximum absolute atomic E-state index is 13.5. The van der Waals surface area contributed by atoms with Gasteiger partial charge in [-0.25, -0.2) is 4.79 Å². The van der Waals surface area contributed by atoms with Crippen LogP contribution in [0.5, 0.6) is 5.75 Å². The van der Waals surface area contributed by atoms with Gasteiger partial charge in [0.05, 0.1) is 12.6 Å². The van der Waals surface area contributed by atoms with E-state index >= 15 is 0 Å². The highest BCUT2D eigenvalue weighted by molar-refractivity contribution is 7.86. The van der Waals surface area contributed by atoms with Crippen molar-refractivity contribution < 1.29 is 37.3 Å². The van der Waals surface area contributed by atoms with E-state index in [9.17, 15) is 23.1 Å². The van der Waals surface area contributed by atoms with Crippen molar-refractivity contribution in [2.45, 2.75) is 49.9 Å². The van der Waals surface area contributed by atoms with Gasteiger partial charge in [0, 0.05) is 37.8 Å². The molecule has 3 fully saturated rings. The lowest BCUT2D eigenvalue weighted by Gasteiger charge is -2.45. The van der Waals surface area contributed by atoms with Crippen molar-refractivity contribution in [3.8, 4) is 5.75 Å². The smallest absolute Gasteiger partial charge is 0.410 e. The van der Waals surface area contributed by atoms with Crippen LogP contribution in [0.25, 0.3) is 0 Å². The minimum atomic E-state index is -4.06. The molecule has 3 atom stereocenters. The van der Waals surface area contributed by atoms with Gasteiger partial charge in [0.1, 0.15) is 24.5 Å². The molecule has 0 spiro atoms. The second kappa shape index (κ2) is 10.9. The minimum Gasteiger partial charge on any atom is -0.490 e. The number of carboxylic acid groups (broad SMARTS) is 1. The molecular weight excluding hydrogens is 502 g/mol. The largest absolute Gasteiger partial charge is 0.490 e. The first-order chi connectivity index (χ1) is 16.7. The van der Waals surface area contributed by atoms with Crippen LogP contribution < -0.4 is 4.74 Å². The summed E-state index contributed by atoms with van der Waals surface area (Å²) in [4.78, 5) is 26.3. The molecule has 1 N–H and O–H groups in total. The first kappa shape index (κ1) is 26.0. The molecule has 3 saturated heterocycles. The molecule has 3 aliphatic heterocycles. The molecular formula is C22H30ClN3O8S. The number of hydrogen-bond acceptors (Lipinski definition) is 7. The van der Waals surface area contributed by atoms with Crippen molar-refractivity contribution in [1.82, 2.24) is 13.5 Å². The van der Waals surface area contributed by atoms with Crippen LogP contribution in [0.4, 0.5) is 4.79 Å². The van der Waals surface area contributed by atoms with Crippen LogP contribution in [0.15, 0.2) is 24.3 Å². The number of aliphatic carboxylic acids is 1. The van der Waals surface area contributed by atoms with E-state index in [4.69, 9.17) is 25.8 Å². The normalized spacial score (nSPS) is 26.0. The number of carbonyl (C=O) groups excluding carboxylic acids is 1. The number of methoxy groups -OCH3 is 1. The van der Waals surface area contributed by atoms with Gasteiger partial charge in [-0.1, -0.05) is 11.6 Å². The van der Waals surface area contributed by atoms with E-state index in [0.29, 0.717) is 36.5 Å². The van der Waals surface area contributed by atoms with Crippen LogP contribution in [0, 0.1) is 0 Å². The van der Waals surface area contributed by atoms with Gasteiger partial charge in [-0.15, -0.1) is 0 Å². The third-order valence-corrected chi connectivity index (χ3v) is 8.97. The fourth-order valence-electron chi connectivity index (χ4n) is 5.05. The molecule has 1 aromatic rings. The molecule has 11 nitrogen and oxygen atoms in total. The Balaban J connectivity index is 1.43. The summed E-state index contributed by atoms with van der Waals surface area (Å²) in [5, 5.41) is 10.6. The Kier molecular flexibility index (Phi) is 8.06. The summed E-state index contributed by atoms with van der Waals surface area (Å²) in [6, 6.07) is 4.37. The number of fused-ring (bicyclic) bond motifs is 2. The molecule has 0 saturated carbocycles. The summed E-state index contributed by atoms with van der Waals surface area (Å²) >= 11 is 5.90. The number of ether oxygens (including phenoxy) is 3. The van der Waals surface area contributed by atoms with Gasteiger partial charge >= 0.3 is 12.1 Å². The minimum absolute atomic E-state index is 0.0397. The molecule has 3 aliphatic rings. The second-order valence-electron chi connectivity index (χ2n) is 8.84. The lowest BCUT2D eigenvalue weighted by molar-refractivity contribution is -0.145. The fraction of sp³-hybridized carbons (Fsp3) is 0.636. The van der Waals surface area contributed by atoms with Gasteiger partial charge < -0.3 is 19.3 Å². The lowest BCUT2D eigenvalue weighted by atomic mass is 10.1. The zero-order chi connectivity index (χ0) is 25.2. The third-order valence-electron chi connectivity index (χ3n) is 6.73. The van der Waals surface area contributed by atoms with Crippen molar-refractivity contribution in [2.24, 2.45) is 0 Å². The van der Waals surface area contributed by atoms with E-state index < -0.39 is 40.4 Å². The molecule has 3 heterocycles. The number of halogens is 1. The predicted octanol–water partition coefficient (Wildman–Crippen LogP) is 1.81. The van der Waals surface area contributed by atoms with Crippen molar-refractivity contribution in [3.63, 3.8) is 0 Å². The Hall–Kier alpha value is -2.12. The standard InChI is InChI=1S/C22H30ClN3O8S/c1-32-12-13-33-22(29)26-16-4-7-19(26)20(21(27)28)25(14-16)35(30,31)24-10-8-18(9-11-24)34-17-5-2-15(23)3-6-17/h2-3,5-6,16,18-20H,4,7-14H2,1H3,(H,27,28). The second-order valence-corrected chi connectivity index (χ2v) is 11.2. The zero-order valence-corrected chi connectivity index (χ0v) is 21.0. The van der Waals surface area contributed by atoms with Crippen LogP contribution in [-0.2, 0) is 24.5 Å². The first-order valence-electron chi connectivity index (χ1n) is 11.6. The zero-order valence-electron chi connectivity index (χ0n) is 19.4. The number of hydrogen-bond donors (Lipinski definition) is 1. The van der Waals surface area contributed by atoms with E-state index in [1.807, 2.05) is 0 Å².